The summed E-state index contributed by atoms with van der Waals surface area (Å²) >= 11 is 2.63. The van der Waals surface area contributed by atoms with Crippen molar-refractivity contribution in [3.63, 3.8) is 0 Å². The molecule has 0 saturated heterocycles. The molecular weight excluding hydrogens is 374 g/mol. The lowest BCUT2D eigenvalue weighted by Crippen LogP contribution is -2.22. The Hall–Kier alpha value is -2.53. The number of aryl methyl sites for hydroxylation is 1. The van der Waals surface area contributed by atoms with Crippen LogP contribution < -0.4 is 10.1 Å². The third kappa shape index (κ3) is 4.17. The number of nitrogens with zero attached hydrogens (tertiary/aromatic N) is 6. The number of methoxy groups -OCH3 is 1. The minimum absolute atomic E-state index is 0.182. The van der Waals surface area contributed by atoms with E-state index in [1.807, 2.05) is 31.2 Å². The zero-order valence-corrected chi connectivity index (χ0v) is 16.0. The summed E-state index contributed by atoms with van der Waals surface area (Å²) < 4.78 is 6.73. The number of tetrazole rings is 1. The van der Waals surface area contributed by atoms with Crippen LogP contribution in [-0.2, 0) is 11.2 Å². The van der Waals surface area contributed by atoms with Gasteiger partial charge in [-0.25, -0.2) is 0 Å². The number of ether oxygens (including phenoxy) is 1. The van der Waals surface area contributed by atoms with Gasteiger partial charge in [-0.1, -0.05) is 30.0 Å². The number of carbonyl (C=O) groups excluding carboxylic acids is 1. The second kappa shape index (κ2) is 8.23. The molecular formula is C15H17N7O2S2. The number of nitrogens with one attached hydrogen (secondary N) is 1. The zero-order chi connectivity index (χ0) is 18.5. The highest BCUT2D eigenvalue weighted by molar-refractivity contribution is 8.00. The molecule has 3 aromatic rings. The Kier molecular flexibility index (Phi) is 5.78. The van der Waals surface area contributed by atoms with E-state index in [2.05, 4.69) is 31.0 Å². The van der Waals surface area contributed by atoms with Crippen molar-refractivity contribution in [1.82, 2.24) is 30.4 Å². The minimum atomic E-state index is -0.410. The summed E-state index contributed by atoms with van der Waals surface area (Å²) in [6.07, 6.45) is 0.786. The van der Waals surface area contributed by atoms with Gasteiger partial charge in [-0.05, 0) is 48.0 Å². The molecule has 1 aromatic carbocycles. The summed E-state index contributed by atoms with van der Waals surface area (Å²) in [4.78, 5) is 12.4. The van der Waals surface area contributed by atoms with Crippen LogP contribution in [0, 0.1) is 0 Å². The summed E-state index contributed by atoms with van der Waals surface area (Å²) in [5.74, 6) is 0.561. The van der Waals surface area contributed by atoms with Gasteiger partial charge in [0.1, 0.15) is 10.8 Å². The van der Waals surface area contributed by atoms with Crippen molar-refractivity contribution in [3.05, 3.63) is 29.3 Å². The van der Waals surface area contributed by atoms with Gasteiger partial charge in [0.2, 0.25) is 16.2 Å². The first kappa shape index (κ1) is 18.3. The van der Waals surface area contributed by atoms with E-state index in [0.717, 1.165) is 22.9 Å². The molecule has 9 nitrogen and oxygen atoms in total. The average molecular weight is 391 g/mol. The van der Waals surface area contributed by atoms with Crippen molar-refractivity contribution in [2.75, 3.05) is 12.4 Å². The van der Waals surface area contributed by atoms with Crippen LogP contribution in [-0.4, -0.2) is 48.7 Å². The normalized spacial score (nSPS) is 12.0. The Morgan fingerprint density at radius 2 is 2.08 bits per heavy atom. The third-order valence-corrected chi connectivity index (χ3v) is 5.42. The predicted octanol–water partition coefficient (Wildman–Crippen LogP) is 2.20. The molecule has 1 N–H and O–H groups in total. The van der Waals surface area contributed by atoms with E-state index in [1.54, 1.807) is 18.7 Å². The van der Waals surface area contributed by atoms with Crippen LogP contribution in [0.3, 0.4) is 0 Å². The van der Waals surface area contributed by atoms with Crippen LogP contribution in [0.15, 0.2) is 29.4 Å². The molecule has 136 valence electrons. The van der Waals surface area contributed by atoms with E-state index in [0.29, 0.717) is 10.3 Å². The largest absolute Gasteiger partial charge is 0.497 e. The first-order chi connectivity index (χ1) is 12.6. The highest BCUT2D eigenvalue weighted by Gasteiger charge is 2.20. The maximum Gasteiger partial charge on any atom is 0.239 e. The molecule has 0 aliphatic heterocycles. The van der Waals surface area contributed by atoms with Crippen molar-refractivity contribution in [1.29, 1.82) is 0 Å². The number of aromatic nitrogens is 6. The third-order valence-electron chi connectivity index (χ3n) is 3.41. The van der Waals surface area contributed by atoms with E-state index in [1.165, 1.54) is 23.1 Å². The number of hydrogen-bond acceptors (Lipinski definition) is 9. The fraction of sp³-hybridized carbons (Fsp3) is 0.333. The molecule has 26 heavy (non-hydrogen) atoms. The maximum atomic E-state index is 12.4. The monoisotopic (exact) mass is 391 g/mol. The Morgan fingerprint density at radius 1 is 1.31 bits per heavy atom. The standard InChI is InChI=1S/C15H17N7O2S2/c1-4-12-17-18-14(26-12)16-13(23)9(2)25-15-19-20-21-22(15)10-5-7-11(24-3)8-6-10/h5-9H,4H2,1-3H3,(H,16,18,23)/t9-/m0/s1. The number of carbonyl (C=O) groups is 1. The van der Waals surface area contributed by atoms with Gasteiger partial charge in [0, 0.05) is 0 Å². The van der Waals surface area contributed by atoms with Crippen LogP contribution in [0.25, 0.3) is 5.69 Å². The summed E-state index contributed by atoms with van der Waals surface area (Å²) in [5, 5.41) is 23.9. The molecule has 2 aromatic heterocycles. The summed E-state index contributed by atoms with van der Waals surface area (Å²) in [5.41, 5.74) is 0.780. The lowest BCUT2D eigenvalue weighted by molar-refractivity contribution is -0.115. The van der Waals surface area contributed by atoms with Gasteiger partial charge in [0.15, 0.2) is 0 Å². The van der Waals surface area contributed by atoms with E-state index >= 15 is 0 Å². The maximum absolute atomic E-state index is 12.4. The molecule has 0 bridgehead atoms. The van der Waals surface area contributed by atoms with Crippen LogP contribution in [0.5, 0.6) is 5.75 Å². The van der Waals surface area contributed by atoms with Crippen molar-refractivity contribution in [2.24, 2.45) is 0 Å². The van der Waals surface area contributed by atoms with Crippen LogP contribution in [0.4, 0.5) is 5.13 Å². The first-order valence-corrected chi connectivity index (χ1v) is 9.53. The zero-order valence-electron chi connectivity index (χ0n) is 14.4. The smallest absolute Gasteiger partial charge is 0.239 e. The average Bonchev–Trinajstić information content (AvgIpc) is 3.31. The molecule has 0 spiro atoms. The number of rotatable bonds is 7. The quantitative estimate of drug-likeness (QED) is 0.611. The molecule has 11 heteroatoms. The molecule has 0 unspecified atom stereocenters. The summed E-state index contributed by atoms with van der Waals surface area (Å²) in [7, 11) is 1.61. The van der Waals surface area contributed by atoms with Crippen LogP contribution >= 0.6 is 23.1 Å². The Labute approximate surface area is 158 Å². The number of benzene rings is 1. The van der Waals surface area contributed by atoms with Crippen molar-refractivity contribution in [2.45, 2.75) is 30.7 Å². The highest BCUT2D eigenvalue weighted by atomic mass is 32.2. The predicted molar refractivity (Wildman–Crippen MR) is 98.9 cm³/mol. The molecule has 0 fully saturated rings. The summed E-state index contributed by atoms with van der Waals surface area (Å²) in [6.45, 7) is 3.78. The number of amides is 1. The second-order valence-corrected chi connectivity index (χ2v) is 7.55. The Bertz CT molecular complexity index is 878. The van der Waals surface area contributed by atoms with Gasteiger partial charge in [0.05, 0.1) is 18.0 Å². The fourth-order valence-electron chi connectivity index (χ4n) is 2.00. The molecule has 1 amide bonds. The molecule has 0 radical (unpaired) electrons. The molecule has 0 aliphatic rings. The number of hydrogen-bond donors (Lipinski definition) is 1. The first-order valence-electron chi connectivity index (χ1n) is 7.83. The van der Waals surface area contributed by atoms with Gasteiger partial charge in [-0.2, -0.15) is 4.68 Å². The van der Waals surface area contributed by atoms with Crippen molar-refractivity contribution in [3.8, 4) is 11.4 Å². The SMILES string of the molecule is CCc1nnc(NC(=O)[C@H](C)Sc2nnnn2-c2ccc(OC)cc2)s1. The van der Waals surface area contributed by atoms with Gasteiger partial charge >= 0.3 is 0 Å². The topological polar surface area (TPSA) is 108 Å². The van der Waals surface area contributed by atoms with E-state index in [9.17, 15) is 4.79 Å². The van der Waals surface area contributed by atoms with Crippen molar-refractivity contribution >= 4 is 34.1 Å². The van der Waals surface area contributed by atoms with Gasteiger partial charge < -0.3 is 4.74 Å². The molecule has 2 heterocycles. The lowest BCUT2D eigenvalue weighted by Gasteiger charge is -2.10. The van der Waals surface area contributed by atoms with Gasteiger partial charge in [0.25, 0.3) is 0 Å². The van der Waals surface area contributed by atoms with Crippen LogP contribution in [0.2, 0.25) is 0 Å². The Balaban J connectivity index is 1.68. The van der Waals surface area contributed by atoms with E-state index in [4.69, 9.17) is 4.74 Å². The molecule has 1 atom stereocenters. The van der Waals surface area contributed by atoms with E-state index in [-0.39, 0.29) is 5.91 Å². The van der Waals surface area contributed by atoms with E-state index < -0.39 is 5.25 Å². The molecule has 0 saturated carbocycles. The summed E-state index contributed by atoms with van der Waals surface area (Å²) in [6, 6.07) is 7.33. The highest BCUT2D eigenvalue weighted by Crippen LogP contribution is 2.25. The molecule has 0 aliphatic carbocycles. The lowest BCUT2D eigenvalue weighted by atomic mass is 10.3. The van der Waals surface area contributed by atoms with Crippen molar-refractivity contribution < 1.29 is 9.53 Å². The molecule has 3 rings (SSSR count). The minimum Gasteiger partial charge on any atom is -0.497 e. The number of anilines is 1. The van der Waals surface area contributed by atoms with Crippen LogP contribution in [0.1, 0.15) is 18.9 Å². The van der Waals surface area contributed by atoms with Gasteiger partial charge in [-0.15, -0.1) is 15.3 Å². The van der Waals surface area contributed by atoms with Gasteiger partial charge in [-0.3, -0.25) is 10.1 Å². The second-order valence-electron chi connectivity index (χ2n) is 5.18. The fourth-order valence-corrected chi connectivity index (χ4v) is 3.49. The Morgan fingerprint density at radius 3 is 2.73 bits per heavy atom. The number of thioether (sulfide) groups is 1.